The third kappa shape index (κ3) is 4.23. The quantitative estimate of drug-likeness (QED) is 0.637. The molecule has 0 aromatic heterocycles. The van der Waals surface area contributed by atoms with Crippen LogP contribution in [-0.4, -0.2) is 49.2 Å². The molecule has 6 nitrogen and oxygen atoms in total. The fourth-order valence-electron chi connectivity index (χ4n) is 2.84. The maximum absolute atomic E-state index is 12.3. The molecule has 0 atom stereocenters. The molecule has 0 spiro atoms. The standard InChI is InChI=1S/C19H22N4O2S/c1-25-17-8-2-14(3-9-17)18(24)21-19(26)23-12-10-22(11-13-23)16-6-4-15(20)5-7-16/h2-9H,10-13,20H2,1H3,(H,21,24,26). The molecule has 0 unspecified atom stereocenters. The molecule has 1 amide bonds. The lowest BCUT2D eigenvalue weighted by Gasteiger charge is -2.37. The van der Waals surface area contributed by atoms with Crippen LogP contribution in [0.5, 0.6) is 5.75 Å². The molecule has 0 bridgehead atoms. The first-order valence-electron chi connectivity index (χ1n) is 8.41. The Kier molecular flexibility index (Phi) is 5.58. The normalized spacial score (nSPS) is 14.0. The summed E-state index contributed by atoms with van der Waals surface area (Å²) >= 11 is 5.41. The van der Waals surface area contributed by atoms with E-state index >= 15 is 0 Å². The van der Waals surface area contributed by atoms with Gasteiger partial charge in [0.15, 0.2) is 5.11 Å². The van der Waals surface area contributed by atoms with Gasteiger partial charge in [0.25, 0.3) is 5.91 Å². The van der Waals surface area contributed by atoms with E-state index in [2.05, 4.69) is 10.2 Å². The molecule has 0 radical (unpaired) electrons. The summed E-state index contributed by atoms with van der Waals surface area (Å²) in [5, 5.41) is 3.27. The van der Waals surface area contributed by atoms with Gasteiger partial charge < -0.3 is 20.3 Å². The second-order valence-corrected chi connectivity index (χ2v) is 6.44. The number of nitrogens with one attached hydrogen (secondary N) is 1. The number of piperazine rings is 1. The van der Waals surface area contributed by atoms with Crippen molar-refractivity contribution in [1.29, 1.82) is 0 Å². The lowest BCUT2D eigenvalue weighted by atomic mass is 10.2. The zero-order valence-electron chi connectivity index (χ0n) is 14.6. The first kappa shape index (κ1) is 18.0. The number of nitrogen functional groups attached to an aromatic ring is 1. The van der Waals surface area contributed by atoms with Crippen LogP contribution in [0.15, 0.2) is 48.5 Å². The lowest BCUT2D eigenvalue weighted by molar-refractivity contribution is 0.0973. The van der Waals surface area contributed by atoms with Crippen LogP contribution in [0.3, 0.4) is 0 Å². The summed E-state index contributed by atoms with van der Waals surface area (Å²) in [6, 6.07) is 14.8. The molecule has 2 aromatic rings. The number of nitrogens with zero attached hydrogens (tertiary/aromatic N) is 2. The zero-order valence-corrected chi connectivity index (χ0v) is 15.5. The number of thiocarbonyl (C=S) groups is 1. The zero-order chi connectivity index (χ0) is 18.5. The fraction of sp³-hybridized carbons (Fsp3) is 0.263. The minimum atomic E-state index is -0.210. The fourth-order valence-corrected chi connectivity index (χ4v) is 3.12. The number of ether oxygens (including phenoxy) is 1. The van der Waals surface area contributed by atoms with Crippen LogP contribution < -0.4 is 20.7 Å². The Labute approximate surface area is 158 Å². The van der Waals surface area contributed by atoms with Gasteiger partial charge in [0.1, 0.15) is 5.75 Å². The van der Waals surface area contributed by atoms with E-state index < -0.39 is 0 Å². The second kappa shape index (κ2) is 8.05. The van der Waals surface area contributed by atoms with Crippen LogP contribution in [-0.2, 0) is 0 Å². The van der Waals surface area contributed by atoms with Gasteiger partial charge in [-0.2, -0.15) is 0 Å². The molecule has 1 aliphatic rings. The van der Waals surface area contributed by atoms with Crippen molar-refractivity contribution in [2.24, 2.45) is 0 Å². The van der Waals surface area contributed by atoms with Crippen LogP contribution >= 0.6 is 12.2 Å². The van der Waals surface area contributed by atoms with Gasteiger partial charge in [-0.25, -0.2) is 0 Å². The minimum Gasteiger partial charge on any atom is -0.497 e. The van der Waals surface area contributed by atoms with E-state index in [-0.39, 0.29) is 5.91 Å². The van der Waals surface area contributed by atoms with Crippen LogP contribution in [0.4, 0.5) is 11.4 Å². The van der Waals surface area contributed by atoms with E-state index in [1.165, 1.54) is 0 Å². The van der Waals surface area contributed by atoms with Gasteiger partial charge in [0.05, 0.1) is 7.11 Å². The highest BCUT2D eigenvalue weighted by molar-refractivity contribution is 7.80. The maximum atomic E-state index is 12.3. The van der Waals surface area contributed by atoms with Crippen molar-refractivity contribution < 1.29 is 9.53 Å². The topological polar surface area (TPSA) is 70.8 Å². The van der Waals surface area contributed by atoms with Crippen molar-refractivity contribution in [3.63, 3.8) is 0 Å². The second-order valence-electron chi connectivity index (χ2n) is 6.05. The van der Waals surface area contributed by atoms with E-state index in [0.29, 0.717) is 16.4 Å². The van der Waals surface area contributed by atoms with Crippen molar-refractivity contribution in [1.82, 2.24) is 10.2 Å². The Morgan fingerprint density at radius 1 is 1.04 bits per heavy atom. The Morgan fingerprint density at radius 2 is 1.65 bits per heavy atom. The van der Waals surface area contributed by atoms with E-state index in [9.17, 15) is 4.79 Å². The van der Waals surface area contributed by atoms with E-state index in [4.69, 9.17) is 22.7 Å². The van der Waals surface area contributed by atoms with Crippen LogP contribution in [0, 0.1) is 0 Å². The maximum Gasteiger partial charge on any atom is 0.257 e. The van der Waals surface area contributed by atoms with Crippen molar-refractivity contribution in [2.45, 2.75) is 0 Å². The number of nitrogens with two attached hydrogens (primary N) is 1. The summed E-state index contributed by atoms with van der Waals surface area (Å²) < 4.78 is 5.10. The molecule has 2 aromatic carbocycles. The Bertz CT molecular complexity index is 769. The highest BCUT2D eigenvalue weighted by atomic mass is 32.1. The minimum absolute atomic E-state index is 0.210. The van der Waals surface area contributed by atoms with E-state index in [1.54, 1.807) is 31.4 Å². The molecule has 136 valence electrons. The number of hydrogen-bond acceptors (Lipinski definition) is 5. The number of hydrogen-bond donors (Lipinski definition) is 2. The van der Waals surface area contributed by atoms with Crippen LogP contribution in [0.25, 0.3) is 0 Å². The van der Waals surface area contributed by atoms with Gasteiger partial charge in [0, 0.05) is 43.1 Å². The van der Waals surface area contributed by atoms with Gasteiger partial charge in [-0.3, -0.25) is 10.1 Å². The number of carbonyl (C=O) groups is 1. The Morgan fingerprint density at radius 3 is 2.23 bits per heavy atom. The third-order valence-corrected chi connectivity index (χ3v) is 4.76. The average Bonchev–Trinajstić information content (AvgIpc) is 2.68. The smallest absolute Gasteiger partial charge is 0.257 e. The summed E-state index contributed by atoms with van der Waals surface area (Å²) in [7, 11) is 1.59. The average molecular weight is 370 g/mol. The number of amides is 1. The SMILES string of the molecule is COc1ccc(C(=O)NC(=S)N2CCN(c3ccc(N)cc3)CC2)cc1. The Hall–Kier alpha value is -2.80. The van der Waals surface area contributed by atoms with Crippen molar-refractivity contribution in [3.8, 4) is 5.75 Å². The number of rotatable bonds is 3. The summed E-state index contributed by atoms with van der Waals surface area (Å²) in [4.78, 5) is 16.6. The first-order valence-corrected chi connectivity index (χ1v) is 8.82. The van der Waals surface area contributed by atoms with Crippen molar-refractivity contribution >= 4 is 34.6 Å². The largest absolute Gasteiger partial charge is 0.497 e. The summed E-state index contributed by atoms with van der Waals surface area (Å²) in [6.07, 6.45) is 0. The molecule has 1 aliphatic heterocycles. The summed E-state index contributed by atoms with van der Waals surface area (Å²) in [5.74, 6) is 0.501. The van der Waals surface area contributed by atoms with Gasteiger partial charge in [-0.15, -0.1) is 0 Å². The predicted molar refractivity (Wildman–Crippen MR) is 108 cm³/mol. The molecule has 1 heterocycles. The summed E-state index contributed by atoms with van der Waals surface area (Å²) in [6.45, 7) is 3.18. The summed E-state index contributed by atoms with van der Waals surface area (Å²) in [5.41, 5.74) is 8.19. The molecule has 7 heteroatoms. The molecular weight excluding hydrogens is 348 g/mol. The van der Waals surface area contributed by atoms with E-state index in [0.717, 1.165) is 37.6 Å². The molecule has 1 fully saturated rings. The molecule has 3 rings (SSSR count). The van der Waals surface area contributed by atoms with Crippen LogP contribution in [0.1, 0.15) is 10.4 Å². The number of benzene rings is 2. The van der Waals surface area contributed by atoms with Gasteiger partial charge >= 0.3 is 0 Å². The van der Waals surface area contributed by atoms with Gasteiger partial charge in [0.2, 0.25) is 0 Å². The molecule has 3 N–H and O–H groups in total. The van der Waals surface area contributed by atoms with Crippen LogP contribution in [0.2, 0.25) is 0 Å². The predicted octanol–water partition coefficient (Wildman–Crippen LogP) is 2.11. The third-order valence-electron chi connectivity index (χ3n) is 4.40. The van der Waals surface area contributed by atoms with E-state index in [1.807, 2.05) is 29.2 Å². The monoisotopic (exact) mass is 370 g/mol. The number of carbonyl (C=O) groups excluding carboxylic acids is 1. The lowest BCUT2D eigenvalue weighted by Crippen LogP contribution is -2.52. The molecular formula is C19H22N4O2S. The highest BCUT2D eigenvalue weighted by Crippen LogP contribution is 2.18. The van der Waals surface area contributed by atoms with Gasteiger partial charge in [-0.05, 0) is 60.7 Å². The van der Waals surface area contributed by atoms with Crippen molar-refractivity contribution in [2.75, 3.05) is 43.9 Å². The van der Waals surface area contributed by atoms with Gasteiger partial charge in [-0.1, -0.05) is 0 Å². The molecule has 0 saturated carbocycles. The molecule has 26 heavy (non-hydrogen) atoms. The Balaban J connectivity index is 1.53. The molecule has 0 aliphatic carbocycles. The number of anilines is 2. The highest BCUT2D eigenvalue weighted by Gasteiger charge is 2.20. The van der Waals surface area contributed by atoms with Crippen molar-refractivity contribution in [3.05, 3.63) is 54.1 Å². The first-order chi connectivity index (χ1) is 12.6. The molecule has 1 saturated heterocycles. The number of methoxy groups -OCH3 is 1.